The summed E-state index contributed by atoms with van der Waals surface area (Å²) in [6.07, 6.45) is 9.79. The molecule has 10 heteroatoms. The molecule has 4 rings (SSSR count). The normalized spacial score (nSPS) is 24.9. The van der Waals surface area contributed by atoms with E-state index in [0.29, 0.717) is 51.7 Å². The molecular weight excluding hydrogens is 598 g/mol. The van der Waals surface area contributed by atoms with E-state index in [1.54, 1.807) is 22.0 Å². The number of carbonyl (C=O) groups is 4. The Hall–Kier alpha value is -3.50. The third-order valence-corrected chi connectivity index (χ3v) is 9.80. The number of hydrogen-bond donors (Lipinski definition) is 2. The SMILES string of the molecule is C=CCCC(=O)NC[C@@H](OC(=O)[C@@H]1[C@H]2C(=O)N(CCCCCCO)[C@H](C(=O)N(CC=C)CCCCC)[C@]23CC[C@H]1O3)c1ccccc1. The van der Waals surface area contributed by atoms with Gasteiger partial charge in [0, 0.05) is 32.7 Å². The summed E-state index contributed by atoms with van der Waals surface area (Å²) >= 11 is 0. The van der Waals surface area contributed by atoms with Gasteiger partial charge in [-0.15, -0.1) is 13.2 Å². The molecule has 3 amide bonds. The van der Waals surface area contributed by atoms with Gasteiger partial charge >= 0.3 is 5.97 Å². The van der Waals surface area contributed by atoms with Gasteiger partial charge in [-0.2, -0.15) is 0 Å². The lowest BCUT2D eigenvalue weighted by Crippen LogP contribution is -2.56. The number of rotatable bonds is 21. The van der Waals surface area contributed by atoms with Crippen molar-refractivity contribution in [3.63, 3.8) is 0 Å². The van der Waals surface area contributed by atoms with Crippen LogP contribution in [0.2, 0.25) is 0 Å². The summed E-state index contributed by atoms with van der Waals surface area (Å²) in [6, 6.07) is 8.40. The minimum absolute atomic E-state index is 0.0864. The van der Waals surface area contributed by atoms with Gasteiger partial charge in [0.05, 0.1) is 24.5 Å². The van der Waals surface area contributed by atoms with Gasteiger partial charge in [-0.05, 0) is 44.1 Å². The summed E-state index contributed by atoms with van der Waals surface area (Å²) < 4.78 is 12.8. The molecule has 2 bridgehead atoms. The predicted molar refractivity (Wildman–Crippen MR) is 179 cm³/mol. The zero-order chi connectivity index (χ0) is 33.8. The maximum atomic E-state index is 14.4. The van der Waals surface area contributed by atoms with Crippen LogP contribution in [0.1, 0.15) is 89.2 Å². The van der Waals surface area contributed by atoms with Crippen LogP contribution in [0.25, 0.3) is 0 Å². The molecule has 10 nitrogen and oxygen atoms in total. The molecule has 0 saturated carbocycles. The molecule has 3 saturated heterocycles. The first-order chi connectivity index (χ1) is 22.8. The third-order valence-electron chi connectivity index (χ3n) is 9.80. The Morgan fingerprint density at radius 1 is 1.13 bits per heavy atom. The molecule has 1 spiro atoms. The number of aliphatic hydroxyl groups excluding tert-OH is 1. The molecule has 258 valence electrons. The van der Waals surface area contributed by atoms with Crippen molar-refractivity contribution < 1.29 is 33.8 Å². The number of esters is 1. The first-order valence-corrected chi connectivity index (χ1v) is 17.4. The van der Waals surface area contributed by atoms with E-state index in [4.69, 9.17) is 9.47 Å². The number of nitrogens with zero attached hydrogens (tertiary/aromatic N) is 2. The number of hydrogen-bond acceptors (Lipinski definition) is 7. The fourth-order valence-corrected chi connectivity index (χ4v) is 7.50. The van der Waals surface area contributed by atoms with Crippen molar-refractivity contribution in [2.45, 2.75) is 101 Å². The molecule has 0 radical (unpaired) electrons. The molecular formula is C37H53N3O7. The largest absolute Gasteiger partial charge is 0.455 e. The van der Waals surface area contributed by atoms with E-state index in [9.17, 15) is 24.3 Å². The summed E-state index contributed by atoms with van der Waals surface area (Å²) in [6.45, 7) is 11.1. The Balaban J connectivity index is 1.60. The first-order valence-electron chi connectivity index (χ1n) is 17.4. The van der Waals surface area contributed by atoms with E-state index in [1.165, 1.54) is 0 Å². The van der Waals surface area contributed by atoms with Crippen LogP contribution >= 0.6 is 0 Å². The van der Waals surface area contributed by atoms with Crippen molar-refractivity contribution in [3.05, 3.63) is 61.2 Å². The first kappa shape index (κ1) is 36.3. The molecule has 1 aromatic rings. The summed E-state index contributed by atoms with van der Waals surface area (Å²) in [5.74, 6) is -2.82. The number of nitrogens with one attached hydrogen (secondary N) is 1. The number of benzene rings is 1. The number of ether oxygens (including phenoxy) is 2. The molecule has 2 N–H and O–H groups in total. The van der Waals surface area contributed by atoms with Crippen LogP contribution in [0, 0.1) is 11.8 Å². The quantitative estimate of drug-likeness (QED) is 0.114. The second kappa shape index (κ2) is 17.6. The number of likely N-dealkylation sites (tertiary alicyclic amines) is 1. The maximum absolute atomic E-state index is 14.4. The molecule has 0 unspecified atom stereocenters. The van der Waals surface area contributed by atoms with Gasteiger partial charge in [-0.3, -0.25) is 19.2 Å². The van der Waals surface area contributed by atoms with Gasteiger partial charge in [0.25, 0.3) is 0 Å². The average Bonchev–Trinajstić information content (AvgIpc) is 3.72. The van der Waals surface area contributed by atoms with Crippen molar-refractivity contribution in [2.24, 2.45) is 11.8 Å². The Morgan fingerprint density at radius 3 is 2.60 bits per heavy atom. The van der Waals surface area contributed by atoms with Crippen molar-refractivity contribution >= 4 is 23.7 Å². The van der Waals surface area contributed by atoms with Crippen LogP contribution < -0.4 is 5.32 Å². The van der Waals surface area contributed by atoms with E-state index in [0.717, 1.165) is 37.7 Å². The summed E-state index contributed by atoms with van der Waals surface area (Å²) in [5, 5.41) is 12.1. The lowest BCUT2D eigenvalue weighted by molar-refractivity contribution is -0.160. The van der Waals surface area contributed by atoms with E-state index in [-0.39, 0.29) is 37.3 Å². The van der Waals surface area contributed by atoms with Gasteiger partial charge in [-0.1, -0.05) is 75.1 Å². The van der Waals surface area contributed by atoms with Gasteiger partial charge in [0.15, 0.2) is 0 Å². The highest BCUT2D eigenvalue weighted by molar-refractivity contribution is 5.98. The van der Waals surface area contributed by atoms with Crippen LogP contribution in [0.3, 0.4) is 0 Å². The van der Waals surface area contributed by atoms with Crippen molar-refractivity contribution in [1.29, 1.82) is 0 Å². The highest BCUT2D eigenvalue weighted by atomic mass is 16.6. The molecule has 1 aromatic carbocycles. The molecule has 3 aliphatic heterocycles. The monoisotopic (exact) mass is 651 g/mol. The summed E-state index contributed by atoms with van der Waals surface area (Å²) in [5.41, 5.74) is -0.384. The van der Waals surface area contributed by atoms with E-state index >= 15 is 0 Å². The Bertz CT molecular complexity index is 1240. The number of allylic oxidation sites excluding steroid dienone is 1. The van der Waals surface area contributed by atoms with E-state index in [1.807, 2.05) is 30.3 Å². The van der Waals surface area contributed by atoms with Crippen molar-refractivity contribution in [2.75, 3.05) is 32.8 Å². The van der Waals surface area contributed by atoms with Crippen LogP contribution in [-0.2, 0) is 28.7 Å². The second-order valence-electron chi connectivity index (χ2n) is 13.0. The zero-order valence-corrected chi connectivity index (χ0v) is 27.9. The lowest BCUT2D eigenvalue weighted by atomic mass is 9.70. The molecule has 0 aliphatic carbocycles. The molecule has 3 heterocycles. The number of amides is 3. The highest BCUT2D eigenvalue weighted by Crippen LogP contribution is 2.59. The third kappa shape index (κ3) is 8.33. The number of aliphatic hydroxyl groups is 1. The molecule has 6 atom stereocenters. The standard InChI is InChI=1S/C37H53N3O7/c1-4-7-14-23-39(22-6-3)35(44)33-37-21-20-28(47-37)31(32(37)34(43)40(33)24-15-9-10-16-25-41)36(45)46-29(27-17-12-11-13-18-27)26-38-30(42)19-8-5-2/h5-6,11-13,17-18,28-29,31-33,41H,2-4,7-10,14-16,19-26H2,1H3,(H,38,42)/t28-,29-,31+,32+,33-,37+/m1/s1. The Morgan fingerprint density at radius 2 is 1.89 bits per heavy atom. The minimum atomic E-state index is -1.11. The highest BCUT2D eigenvalue weighted by Gasteiger charge is 2.75. The maximum Gasteiger partial charge on any atom is 0.313 e. The van der Waals surface area contributed by atoms with Crippen LogP contribution in [0.5, 0.6) is 0 Å². The van der Waals surface area contributed by atoms with Gasteiger partial charge in [-0.25, -0.2) is 0 Å². The summed E-state index contributed by atoms with van der Waals surface area (Å²) in [7, 11) is 0. The number of fused-ring (bicyclic) bond motifs is 1. The van der Waals surface area contributed by atoms with Gasteiger partial charge in [0.1, 0.15) is 17.7 Å². The molecule has 3 fully saturated rings. The van der Waals surface area contributed by atoms with E-state index < -0.39 is 41.7 Å². The van der Waals surface area contributed by atoms with Crippen molar-refractivity contribution in [1.82, 2.24) is 15.1 Å². The topological polar surface area (TPSA) is 125 Å². The molecule has 3 aliphatic rings. The molecule has 47 heavy (non-hydrogen) atoms. The average molecular weight is 652 g/mol. The predicted octanol–water partition coefficient (Wildman–Crippen LogP) is 4.49. The van der Waals surface area contributed by atoms with Crippen LogP contribution in [0.4, 0.5) is 0 Å². The van der Waals surface area contributed by atoms with Crippen LogP contribution in [-0.4, -0.2) is 89.1 Å². The Kier molecular flexibility index (Phi) is 13.6. The van der Waals surface area contributed by atoms with Gasteiger partial charge in [0.2, 0.25) is 17.7 Å². The lowest BCUT2D eigenvalue weighted by Gasteiger charge is -2.37. The van der Waals surface area contributed by atoms with Crippen LogP contribution in [0.15, 0.2) is 55.6 Å². The second-order valence-corrected chi connectivity index (χ2v) is 13.0. The summed E-state index contributed by atoms with van der Waals surface area (Å²) in [4.78, 5) is 58.8. The molecule has 0 aromatic heterocycles. The van der Waals surface area contributed by atoms with Crippen molar-refractivity contribution in [3.8, 4) is 0 Å². The minimum Gasteiger partial charge on any atom is -0.455 e. The Labute approximate surface area is 279 Å². The number of unbranched alkanes of at least 4 members (excludes halogenated alkanes) is 5. The fraction of sp³-hybridized carbons (Fsp3) is 0.622. The van der Waals surface area contributed by atoms with Gasteiger partial charge < -0.3 is 29.7 Å². The smallest absolute Gasteiger partial charge is 0.313 e. The fourth-order valence-electron chi connectivity index (χ4n) is 7.50. The zero-order valence-electron chi connectivity index (χ0n) is 27.9. The van der Waals surface area contributed by atoms with E-state index in [2.05, 4.69) is 25.4 Å². The number of carbonyl (C=O) groups excluding carboxylic acids is 4.